The van der Waals surface area contributed by atoms with Gasteiger partial charge in [0, 0.05) is 56.4 Å². The van der Waals surface area contributed by atoms with Crippen LogP contribution in [0.2, 0.25) is 0 Å². The van der Waals surface area contributed by atoms with Crippen LogP contribution in [0.5, 0.6) is 0 Å². The van der Waals surface area contributed by atoms with Crippen molar-refractivity contribution >= 4 is 22.8 Å². The van der Waals surface area contributed by atoms with Crippen molar-refractivity contribution in [1.29, 1.82) is 0 Å². The van der Waals surface area contributed by atoms with Gasteiger partial charge < -0.3 is 4.90 Å². The van der Waals surface area contributed by atoms with E-state index in [2.05, 4.69) is 30.4 Å². The number of rotatable bonds is 4. The molecule has 1 saturated carbocycles. The Hall–Kier alpha value is -2.06. The van der Waals surface area contributed by atoms with Crippen molar-refractivity contribution in [2.45, 2.75) is 44.6 Å². The first-order valence-corrected chi connectivity index (χ1v) is 10.8. The van der Waals surface area contributed by atoms with Crippen LogP contribution in [0.1, 0.15) is 48.7 Å². The van der Waals surface area contributed by atoms with Crippen LogP contribution >= 0.6 is 11.3 Å². The van der Waals surface area contributed by atoms with Gasteiger partial charge in [0.2, 0.25) is 5.65 Å². The quantitative estimate of drug-likeness (QED) is 0.690. The molecule has 0 unspecified atom stereocenters. The SMILES string of the molecule is c1cn2cnnc2c(N2CCCN(Cc3csc(C4CCCC4)n3)CC2)n1. The molecule has 3 aromatic rings. The minimum absolute atomic E-state index is 0.720. The maximum absolute atomic E-state index is 4.96. The molecule has 0 amide bonds. The van der Waals surface area contributed by atoms with Gasteiger partial charge >= 0.3 is 0 Å². The molecule has 0 bridgehead atoms. The fraction of sp³-hybridized carbons (Fsp3) is 0.579. The molecule has 0 spiro atoms. The van der Waals surface area contributed by atoms with Gasteiger partial charge in [-0.1, -0.05) is 12.8 Å². The van der Waals surface area contributed by atoms with Crippen LogP contribution in [0.15, 0.2) is 24.1 Å². The monoisotopic (exact) mass is 383 g/mol. The summed E-state index contributed by atoms with van der Waals surface area (Å²) in [5, 5.41) is 11.9. The lowest BCUT2D eigenvalue weighted by Gasteiger charge is -2.22. The van der Waals surface area contributed by atoms with E-state index >= 15 is 0 Å². The van der Waals surface area contributed by atoms with Crippen LogP contribution in [-0.2, 0) is 6.54 Å². The first kappa shape index (κ1) is 17.1. The second-order valence-corrected chi connectivity index (χ2v) is 8.48. The fourth-order valence-corrected chi connectivity index (χ4v) is 5.28. The average Bonchev–Trinajstić information content (AvgIpc) is 3.41. The van der Waals surface area contributed by atoms with Crippen molar-refractivity contribution in [2.75, 3.05) is 31.1 Å². The van der Waals surface area contributed by atoms with Gasteiger partial charge in [-0.2, -0.15) is 0 Å². The lowest BCUT2D eigenvalue weighted by molar-refractivity contribution is 0.282. The van der Waals surface area contributed by atoms with Gasteiger partial charge in [-0.15, -0.1) is 21.5 Å². The number of anilines is 1. The Bertz CT molecular complexity index is 898. The molecule has 3 aromatic heterocycles. The zero-order valence-corrected chi connectivity index (χ0v) is 16.3. The molecule has 27 heavy (non-hydrogen) atoms. The molecule has 7 nitrogen and oxygen atoms in total. The highest BCUT2D eigenvalue weighted by Gasteiger charge is 2.22. The topological polar surface area (TPSA) is 62.5 Å². The number of hydrogen-bond acceptors (Lipinski definition) is 7. The van der Waals surface area contributed by atoms with Gasteiger partial charge in [0.25, 0.3) is 0 Å². The maximum Gasteiger partial charge on any atom is 0.203 e. The zero-order chi connectivity index (χ0) is 18.1. The molecule has 0 N–H and O–H groups in total. The van der Waals surface area contributed by atoms with E-state index in [0.29, 0.717) is 0 Å². The van der Waals surface area contributed by atoms with E-state index in [1.807, 2.05) is 28.1 Å². The molecule has 2 fully saturated rings. The largest absolute Gasteiger partial charge is 0.352 e. The van der Waals surface area contributed by atoms with Crippen molar-refractivity contribution in [3.63, 3.8) is 0 Å². The van der Waals surface area contributed by atoms with Crippen LogP contribution in [0.4, 0.5) is 5.82 Å². The van der Waals surface area contributed by atoms with Crippen LogP contribution in [-0.4, -0.2) is 55.6 Å². The molecule has 4 heterocycles. The van der Waals surface area contributed by atoms with Gasteiger partial charge in [0.1, 0.15) is 6.33 Å². The molecule has 0 atom stereocenters. The lowest BCUT2D eigenvalue weighted by Crippen LogP contribution is -2.31. The van der Waals surface area contributed by atoms with Crippen molar-refractivity contribution in [3.8, 4) is 0 Å². The van der Waals surface area contributed by atoms with Gasteiger partial charge in [-0.25, -0.2) is 9.97 Å². The summed E-state index contributed by atoms with van der Waals surface area (Å²) in [6.45, 7) is 5.04. The summed E-state index contributed by atoms with van der Waals surface area (Å²) in [6.07, 6.45) is 12.0. The predicted octanol–water partition coefficient (Wildman–Crippen LogP) is 2.95. The number of fused-ring (bicyclic) bond motifs is 1. The van der Waals surface area contributed by atoms with Crippen molar-refractivity contribution in [2.24, 2.45) is 0 Å². The van der Waals surface area contributed by atoms with Gasteiger partial charge in [0.05, 0.1) is 10.7 Å². The number of hydrogen-bond donors (Lipinski definition) is 0. The predicted molar refractivity (Wildman–Crippen MR) is 106 cm³/mol. The van der Waals surface area contributed by atoms with E-state index in [9.17, 15) is 0 Å². The Morgan fingerprint density at radius 2 is 2.00 bits per heavy atom. The molecule has 2 aliphatic rings. The summed E-state index contributed by atoms with van der Waals surface area (Å²) in [5.41, 5.74) is 2.08. The van der Waals surface area contributed by atoms with Crippen LogP contribution < -0.4 is 4.90 Å². The summed E-state index contributed by atoms with van der Waals surface area (Å²) in [4.78, 5) is 14.4. The van der Waals surface area contributed by atoms with Crippen LogP contribution in [0.3, 0.4) is 0 Å². The third kappa shape index (κ3) is 3.55. The molecule has 0 radical (unpaired) electrons. The Kier molecular flexibility index (Phi) is 4.75. The van der Waals surface area contributed by atoms with E-state index in [0.717, 1.165) is 56.5 Å². The smallest absolute Gasteiger partial charge is 0.203 e. The van der Waals surface area contributed by atoms with Gasteiger partial charge in [-0.05, 0) is 19.3 Å². The Morgan fingerprint density at radius 1 is 1.07 bits per heavy atom. The molecule has 142 valence electrons. The third-order valence-electron chi connectivity index (χ3n) is 5.74. The average molecular weight is 384 g/mol. The summed E-state index contributed by atoms with van der Waals surface area (Å²) in [6, 6.07) is 0. The molecule has 8 heteroatoms. The van der Waals surface area contributed by atoms with Crippen LogP contribution in [0.25, 0.3) is 5.65 Å². The van der Waals surface area contributed by atoms with E-state index < -0.39 is 0 Å². The summed E-state index contributed by atoms with van der Waals surface area (Å²) < 4.78 is 1.94. The lowest BCUT2D eigenvalue weighted by atomic mass is 10.1. The Morgan fingerprint density at radius 3 is 2.93 bits per heavy atom. The Labute approximate surface area is 163 Å². The third-order valence-corrected chi connectivity index (χ3v) is 6.80. The first-order valence-electron chi connectivity index (χ1n) is 9.93. The highest BCUT2D eigenvalue weighted by Crippen LogP contribution is 2.35. The van der Waals surface area contributed by atoms with Gasteiger partial charge in [-0.3, -0.25) is 9.30 Å². The normalized spacial score (nSPS) is 19.8. The van der Waals surface area contributed by atoms with E-state index in [1.54, 1.807) is 6.33 Å². The standard InChI is InChI=1S/C19H25N7S/c1-2-5-15(4-1)19-22-16(13-27-19)12-24-7-3-8-25(11-10-24)17-18-23-21-14-26(18)9-6-20-17/h6,9,13-15H,1-5,7-8,10-12H2. The van der Waals surface area contributed by atoms with Crippen molar-refractivity contribution < 1.29 is 0 Å². The minimum Gasteiger partial charge on any atom is -0.352 e. The highest BCUT2D eigenvalue weighted by molar-refractivity contribution is 7.09. The molecular weight excluding hydrogens is 358 g/mol. The summed E-state index contributed by atoms with van der Waals surface area (Å²) >= 11 is 1.86. The fourth-order valence-electron chi connectivity index (χ4n) is 4.29. The number of nitrogens with zero attached hydrogens (tertiary/aromatic N) is 7. The van der Waals surface area contributed by atoms with Crippen LogP contribution in [0, 0.1) is 0 Å². The zero-order valence-electron chi connectivity index (χ0n) is 15.5. The molecule has 0 aromatic carbocycles. The number of thiazole rings is 1. The van der Waals surface area contributed by atoms with E-state index in [-0.39, 0.29) is 0 Å². The summed E-state index contributed by atoms with van der Waals surface area (Å²) in [5.74, 6) is 1.66. The number of aromatic nitrogens is 5. The van der Waals surface area contributed by atoms with E-state index in [1.165, 1.54) is 36.4 Å². The molecule has 1 aliphatic carbocycles. The minimum atomic E-state index is 0.720. The molecule has 1 saturated heterocycles. The van der Waals surface area contributed by atoms with Crippen molar-refractivity contribution in [3.05, 3.63) is 34.8 Å². The maximum atomic E-state index is 4.96. The van der Waals surface area contributed by atoms with E-state index in [4.69, 9.17) is 4.98 Å². The first-order chi connectivity index (χ1) is 13.4. The van der Waals surface area contributed by atoms with Gasteiger partial charge in [0.15, 0.2) is 5.82 Å². The molecule has 1 aliphatic heterocycles. The molecule has 5 rings (SSSR count). The summed E-state index contributed by atoms with van der Waals surface area (Å²) in [7, 11) is 0. The second kappa shape index (κ2) is 7.52. The molecular formula is C19H25N7S. The Balaban J connectivity index is 1.24. The second-order valence-electron chi connectivity index (χ2n) is 7.59. The highest BCUT2D eigenvalue weighted by atomic mass is 32.1. The van der Waals surface area contributed by atoms with Crippen molar-refractivity contribution in [1.82, 2.24) is 29.5 Å².